The summed E-state index contributed by atoms with van der Waals surface area (Å²) < 4.78 is 5.04. The predicted octanol–water partition coefficient (Wildman–Crippen LogP) is 2.81. The second-order valence-corrected chi connectivity index (χ2v) is 4.33. The van der Waals surface area contributed by atoms with E-state index in [1.54, 1.807) is 6.07 Å². The molecule has 0 saturated heterocycles. The molecule has 1 unspecified atom stereocenters. The van der Waals surface area contributed by atoms with Gasteiger partial charge < -0.3 is 15.6 Å². The SMILES string of the molecule is COc1cc(C)c(C(C)CCN)c(Cl)c1O. The predicted molar refractivity (Wildman–Crippen MR) is 66.5 cm³/mol. The van der Waals surface area contributed by atoms with Crippen molar-refractivity contribution in [3.05, 3.63) is 22.2 Å². The summed E-state index contributed by atoms with van der Waals surface area (Å²) in [6.45, 7) is 4.60. The Morgan fingerprint density at radius 3 is 2.69 bits per heavy atom. The van der Waals surface area contributed by atoms with Gasteiger partial charge in [0.15, 0.2) is 11.5 Å². The molecule has 0 amide bonds. The van der Waals surface area contributed by atoms with E-state index in [4.69, 9.17) is 22.1 Å². The number of hydrogen-bond donors (Lipinski definition) is 2. The first-order valence-corrected chi connectivity index (χ1v) is 5.66. The zero-order valence-corrected chi connectivity index (χ0v) is 10.6. The molecule has 1 aromatic rings. The minimum atomic E-state index is 0.00800. The van der Waals surface area contributed by atoms with Crippen molar-refractivity contribution in [2.75, 3.05) is 13.7 Å². The van der Waals surface area contributed by atoms with Crippen molar-refractivity contribution in [1.29, 1.82) is 0 Å². The summed E-state index contributed by atoms with van der Waals surface area (Å²) in [6, 6.07) is 1.80. The summed E-state index contributed by atoms with van der Waals surface area (Å²) in [5.41, 5.74) is 7.49. The molecule has 0 radical (unpaired) electrons. The summed E-state index contributed by atoms with van der Waals surface area (Å²) in [5, 5.41) is 10.2. The molecule has 3 nitrogen and oxygen atoms in total. The maximum atomic E-state index is 9.83. The Morgan fingerprint density at radius 1 is 1.56 bits per heavy atom. The van der Waals surface area contributed by atoms with E-state index in [9.17, 15) is 5.11 Å². The number of benzene rings is 1. The van der Waals surface area contributed by atoms with Crippen molar-refractivity contribution in [3.63, 3.8) is 0 Å². The van der Waals surface area contributed by atoms with Crippen LogP contribution in [0.5, 0.6) is 11.5 Å². The third-order valence-corrected chi connectivity index (χ3v) is 3.15. The molecule has 1 rings (SSSR count). The summed E-state index contributed by atoms with van der Waals surface area (Å²) >= 11 is 6.14. The molecule has 4 heteroatoms. The molecule has 0 saturated carbocycles. The van der Waals surface area contributed by atoms with Crippen LogP contribution in [0.25, 0.3) is 0 Å². The first-order chi connectivity index (χ1) is 7.52. The van der Waals surface area contributed by atoms with E-state index in [2.05, 4.69) is 0 Å². The van der Waals surface area contributed by atoms with Gasteiger partial charge in [0.05, 0.1) is 12.1 Å². The number of hydrogen-bond acceptors (Lipinski definition) is 3. The normalized spacial score (nSPS) is 12.6. The van der Waals surface area contributed by atoms with Crippen molar-refractivity contribution in [3.8, 4) is 11.5 Å². The van der Waals surface area contributed by atoms with Gasteiger partial charge in [-0.05, 0) is 43.0 Å². The van der Waals surface area contributed by atoms with Gasteiger partial charge >= 0.3 is 0 Å². The van der Waals surface area contributed by atoms with Gasteiger partial charge in [-0.25, -0.2) is 0 Å². The minimum Gasteiger partial charge on any atom is -0.503 e. The van der Waals surface area contributed by atoms with Crippen molar-refractivity contribution in [2.24, 2.45) is 5.73 Å². The second-order valence-electron chi connectivity index (χ2n) is 3.95. The molecule has 1 atom stereocenters. The summed E-state index contributed by atoms with van der Waals surface area (Å²) in [4.78, 5) is 0. The van der Waals surface area contributed by atoms with Gasteiger partial charge in [-0.15, -0.1) is 0 Å². The molecule has 0 aliphatic rings. The lowest BCUT2D eigenvalue weighted by Gasteiger charge is -2.18. The van der Waals surface area contributed by atoms with Crippen molar-refractivity contribution >= 4 is 11.6 Å². The van der Waals surface area contributed by atoms with Crippen LogP contribution in [0.1, 0.15) is 30.4 Å². The molecule has 3 N–H and O–H groups in total. The zero-order valence-electron chi connectivity index (χ0n) is 9.88. The van der Waals surface area contributed by atoms with Crippen molar-refractivity contribution in [2.45, 2.75) is 26.2 Å². The number of methoxy groups -OCH3 is 1. The highest BCUT2D eigenvalue weighted by atomic mass is 35.5. The average molecular weight is 244 g/mol. The molecule has 90 valence electrons. The van der Waals surface area contributed by atoms with Crippen LogP contribution in [0.15, 0.2) is 6.07 Å². The second kappa shape index (κ2) is 5.41. The van der Waals surface area contributed by atoms with Crippen LogP contribution in [0.4, 0.5) is 0 Å². The van der Waals surface area contributed by atoms with E-state index >= 15 is 0 Å². The van der Waals surface area contributed by atoms with E-state index in [-0.39, 0.29) is 11.7 Å². The van der Waals surface area contributed by atoms with E-state index in [1.807, 2.05) is 13.8 Å². The highest BCUT2D eigenvalue weighted by molar-refractivity contribution is 6.33. The standard InChI is InChI=1S/C12H18ClNO2/c1-7(4-5-14)10-8(2)6-9(16-3)12(15)11(10)13/h6-7,15H,4-5,14H2,1-3H3. The lowest BCUT2D eigenvalue weighted by molar-refractivity contribution is 0.372. The van der Waals surface area contributed by atoms with Gasteiger partial charge in [0.2, 0.25) is 0 Å². The summed E-state index contributed by atoms with van der Waals surface area (Å²) in [5.74, 6) is 0.647. The lowest BCUT2D eigenvalue weighted by Crippen LogP contribution is -2.06. The van der Waals surface area contributed by atoms with Crippen LogP contribution in [-0.2, 0) is 0 Å². The molecule has 0 aliphatic heterocycles. The highest BCUT2D eigenvalue weighted by Gasteiger charge is 2.18. The quantitative estimate of drug-likeness (QED) is 0.855. The number of nitrogens with two attached hydrogens (primary N) is 1. The molecule has 0 aliphatic carbocycles. The monoisotopic (exact) mass is 243 g/mol. The molecular weight excluding hydrogens is 226 g/mol. The molecule has 0 fully saturated rings. The van der Waals surface area contributed by atoms with E-state index in [0.29, 0.717) is 17.3 Å². The number of rotatable bonds is 4. The summed E-state index contributed by atoms with van der Waals surface area (Å²) in [6.07, 6.45) is 0.840. The van der Waals surface area contributed by atoms with Gasteiger partial charge in [-0.2, -0.15) is 0 Å². The number of ether oxygens (including phenoxy) is 1. The largest absolute Gasteiger partial charge is 0.503 e. The number of phenols is 1. The zero-order chi connectivity index (χ0) is 12.3. The Balaban J connectivity index is 3.24. The molecule has 1 aromatic carbocycles. The molecule has 0 heterocycles. The van der Waals surface area contributed by atoms with Gasteiger partial charge in [0, 0.05) is 0 Å². The van der Waals surface area contributed by atoms with Crippen LogP contribution < -0.4 is 10.5 Å². The Bertz CT molecular complexity index is 380. The number of aryl methyl sites for hydroxylation is 1. The fourth-order valence-electron chi connectivity index (χ4n) is 1.91. The Morgan fingerprint density at radius 2 is 2.19 bits per heavy atom. The van der Waals surface area contributed by atoms with Gasteiger partial charge in [-0.1, -0.05) is 18.5 Å². The van der Waals surface area contributed by atoms with Crippen LogP contribution in [0.2, 0.25) is 5.02 Å². The maximum Gasteiger partial charge on any atom is 0.177 e. The number of aromatic hydroxyl groups is 1. The topological polar surface area (TPSA) is 55.5 Å². The maximum absolute atomic E-state index is 9.83. The Kier molecular flexibility index (Phi) is 4.44. The number of halogens is 1. The Hall–Kier alpha value is -0.930. The van der Waals surface area contributed by atoms with E-state index in [0.717, 1.165) is 17.5 Å². The van der Waals surface area contributed by atoms with E-state index in [1.165, 1.54) is 7.11 Å². The highest BCUT2D eigenvalue weighted by Crippen LogP contribution is 2.42. The fourth-order valence-corrected chi connectivity index (χ4v) is 2.33. The Labute approximate surface area is 101 Å². The van der Waals surface area contributed by atoms with E-state index < -0.39 is 0 Å². The molecule has 0 spiro atoms. The lowest BCUT2D eigenvalue weighted by atomic mass is 9.93. The van der Waals surface area contributed by atoms with Crippen LogP contribution >= 0.6 is 11.6 Å². The molecule has 0 aromatic heterocycles. The third-order valence-electron chi connectivity index (χ3n) is 2.76. The summed E-state index contributed by atoms with van der Waals surface area (Å²) in [7, 11) is 1.51. The van der Waals surface area contributed by atoms with Gasteiger partial charge in [0.1, 0.15) is 0 Å². The first kappa shape index (κ1) is 13.1. The molecule has 0 bridgehead atoms. The average Bonchev–Trinajstić information content (AvgIpc) is 2.24. The third kappa shape index (κ3) is 2.42. The number of phenolic OH excluding ortho intramolecular Hbond substituents is 1. The fraction of sp³-hybridized carbons (Fsp3) is 0.500. The van der Waals surface area contributed by atoms with Crippen LogP contribution in [0.3, 0.4) is 0 Å². The first-order valence-electron chi connectivity index (χ1n) is 5.28. The van der Waals surface area contributed by atoms with Crippen LogP contribution in [-0.4, -0.2) is 18.8 Å². The smallest absolute Gasteiger partial charge is 0.177 e. The van der Waals surface area contributed by atoms with Gasteiger partial charge in [0.25, 0.3) is 0 Å². The van der Waals surface area contributed by atoms with Crippen LogP contribution in [0, 0.1) is 6.92 Å². The van der Waals surface area contributed by atoms with Crippen molar-refractivity contribution < 1.29 is 9.84 Å². The van der Waals surface area contributed by atoms with Gasteiger partial charge in [-0.3, -0.25) is 0 Å². The minimum absolute atomic E-state index is 0.00800. The molecule has 16 heavy (non-hydrogen) atoms. The molecular formula is C12H18ClNO2. The van der Waals surface area contributed by atoms with Crippen molar-refractivity contribution in [1.82, 2.24) is 0 Å².